The van der Waals surface area contributed by atoms with Gasteiger partial charge in [0.15, 0.2) is 6.23 Å². The maximum atomic E-state index is 14.9. The molecular weight excluding hydrogens is 283 g/mol. The first kappa shape index (κ1) is 15.4. The van der Waals surface area contributed by atoms with Gasteiger partial charge in [0, 0.05) is 11.8 Å². The van der Waals surface area contributed by atoms with E-state index in [0.29, 0.717) is 0 Å². The van der Waals surface area contributed by atoms with Crippen LogP contribution in [0, 0.1) is 19.3 Å². The van der Waals surface area contributed by atoms with E-state index < -0.39 is 41.5 Å². The molecule has 7 nitrogen and oxygen atoms in total. The SMILES string of the molecule is C#C[C@@]1(F)C(O)[C@@H]([C@@H](C)O)O[C@H]1n1c(C)cc(=O)[nH]c1=O. The molecule has 5 atom stereocenters. The van der Waals surface area contributed by atoms with Crippen LogP contribution in [0.2, 0.25) is 0 Å². The van der Waals surface area contributed by atoms with E-state index in [1.54, 1.807) is 5.92 Å². The molecular formula is C13H15FN2O5. The lowest BCUT2D eigenvalue weighted by atomic mass is 9.95. The van der Waals surface area contributed by atoms with Gasteiger partial charge in [-0.05, 0) is 13.8 Å². The maximum absolute atomic E-state index is 14.9. The Morgan fingerprint density at radius 3 is 2.71 bits per heavy atom. The fraction of sp³-hybridized carbons (Fsp3) is 0.538. The average molecular weight is 298 g/mol. The van der Waals surface area contributed by atoms with Gasteiger partial charge in [-0.25, -0.2) is 9.18 Å². The van der Waals surface area contributed by atoms with Crippen molar-refractivity contribution in [3.63, 3.8) is 0 Å². The highest BCUT2D eigenvalue weighted by molar-refractivity contribution is 5.21. The van der Waals surface area contributed by atoms with Crippen LogP contribution >= 0.6 is 0 Å². The number of aromatic amines is 1. The van der Waals surface area contributed by atoms with Gasteiger partial charge in [-0.2, -0.15) is 0 Å². The van der Waals surface area contributed by atoms with Crippen molar-refractivity contribution in [2.24, 2.45) is 0 Å². The third-order valence-electron chi connectivity index (χ3n) is 3.49. The van der Waals surface area contributed by atoms with E-state index in [4.69, 9.17) is 11.2 Å². The Hall–Kier alpha value is -1.95. The van der Waals surface area contributed by atoms with Crippen LogP contribution < -0.4 is 11.2 Å². The predicted molar refractivity (Wildman–Crippen MR) is 70.3 cm³/mol. The summed E-state index contributed by atoms with van der Waals surface area (Å²) in [6.07, 6.45) is -0.819. The summed E-state index contributed by atoms with van der Waals surface area (Å²) < 4.78 is 20.9. The van der Waals surface area contributed by atoms with Crippen molar-refractivity contribution in [1.29, 1.82) is 0 Å². The monoisotopic (exact) mass is 298 g/mol. The Kier molecular flexibility index (Phi) is 3.76. The quantitative estimate of drug-likeness (QED) is 0.597. The molecule has 1 fully saturated rings. The van der Waals surface area contributed by atoms with Crippen molar-refractivity contribution in [3.8, 4) is 12.3 Å². The minimum atomic E-state index is -2.71. The van der Waals surface area contributed by atoms with Crippen LogP contribution in [0.1, 0.15) is 18.8 Å². The molecule has 3 N–H and O–H groups in total. The number of ether oxygens (including phenoxy) is 1. The van der Waals surface area contributed by atoms with Crippen LogP contribution in [-0.4, -0.2) is 43.7 Å². The summed E-state index contributed by atoms with van der Waals surface area (Å²) in [6, 6.07) is 1.07. The molecule has 0 bridgehead atoms. The third-order valence-corrected chi connectivity index (χ3v) is 3.49. The molecule has 1 aliphatic rings. The largest absolute Gasteiger partial charge is 0.391 e. The number of hydrogen-bond acceptors (Lipinski definition) is 5. The van der Waals surface area contributed by atoms with Gasteiger partial charge in [0.25, 0.3) is 5.56 Å². The molecule has 8 heteroatoms. The Morgan fingerprint density at radius 2 is 2.24 bits per heavy atom. The third kappa shape index (κ3) is 2.29. The van der Waals surface area contributed by atoms with Crippen LogP contribution in [0.5, 0.6) is 0 Å². The van der Waals surface area contributed by atoms with Gasteiger partial charge in [-0.3, -0.25) is 14.3 Å². The Morgan fingerprint density at radius 1 is 1.62 bits per heavy atom. The highest BCUT2D eigenvalue weighted by Crippen LogP contribution is 2.41. The van der Waals surface area contributed by atoms with Crippen molar-refractivity contribution in [2.75, 3.05) is 0 Å². The molecule has 0 aromatic carbocycles. The first-order chi connectivity index (χ1) is 9.72. The topological polar surface area (TPSA) is 105 Å². The summed E-state index contributed by atoms with van der Waals surface area (Å²) in [4.78, 5) is 25.1. The number of alkyl halides is 1. The first-order valence-electron chi connectivity index (χ1n) is 6.23. The summed E-state index contributed by atoms with van der Waals surface area (Å²) in [7, 11) is 0. The van der Waals surface area contributed by atoms with Crippen molar-refractivity contribution >= 4 is 0 Å². The minimum absolute atomic E-state index is 0.115. The van der Waals surface area contributed by atoms with E-state index in [0.717, 1.165) is 10.6 Å². The number of aromatic nitrogens is 2. The van der Waals surface area contributed by atoms with E-state index >= 15 is 0 Å². The summed E-state index contributed by atoms with van der Waals surface area (Å²) in [6.45, 7) is 2.70. The zero-order valence-corrected chi connectivity index (χ0v) is 11.4. The lowest BCUT2D eigenvalue weighted by molar-refractivity contribution is -0.0809. The van der Waals surface area contributed by atoms with Crippen molar-refractivity contribution < 1.29 is 19.3 Å². The van der Waals surface area contributed by atoms with E-state index in [1.165, 1.54) is 13.8 Å². The van der Waals surface area contributed by atoms with Crippen molar-refractivity contribution in [1.82, 2.24) is 9.55 Å². The van der Waals surface area contributed by atoms with Crippen LogP contribution in [-0.2, 0) is 4.74 Å². The molecule has 0 amide bonds. The Balaban J connectivity index is 2.61. The van der Waals surface area contributed by atoms with Crippen LogP contribution in [0.25, 0.3) is 0 Å². The molecule has 1 aromatic rings. The normalized spacial score (nSPS) is 33.6. The zero-order chi connectivity index (χ0) is 15.9. The predicted octanol–water partition coefficient (Wildman–Crippen LogP) is -1.17. The number of halogens is 1. The minimum Gasteiger partial charge on any atom is -0.391 e. The molecule has 2 heterocycles. The molecule has 114 valence electrons. The molecule has 1 aliphatic heterocycles. The van der Waals surface area contributed by atoms with E-state index in [1.807, 2.05) is 4.98 Å². The van der Waals surface area contributed by atoms with E-state index in [-0.39, 0.29) is 5.69 Å². The second-order valence-corrected chi connectivity index (χ2v) is 5.00. The molecule has 0 radical (unpaired) electrons. The molecule has 1 unspecified atom stereocenters. The van der Waals surface area contributed by atoms with Gasteiger partial charge >= 0.3 is 5.69 Å². The lowest BCUT2D eigenvalue weighted by Crippen LogP contribution is -2.46. The highest BCUT2D eigenvalue weighted by Gasteiger charge is 2.59. The van der Waals surface area contributed by atoms with Gasteiger partial charge in [-0.1, -0.05) is 5.92 Å². The number of rotatable bonds is 2. The molecule has 0 saturated carbocycles. The van der Waals surface area contributed by atoms with Crippen molar-refractivity contribution in [2.45, 2.75) is 44.1 Å². The smallest absolute Gasteiger partial charge is 0.330 e. The molecule has 2 rings (SSSR count). The number of hydrogen-bond donors (Lipinski definition) is 3. The average Bonchev–Trinajstić information content (AvgIpc) is 2.63. The summed E-state index contributed by atoms with van der Waals surface area (Å²) >= 11 is 0. The van der Waals surface area contributed by atoms with E-state index in [9.17, 15) is 24.2 Å². The van der Waals surface area contributed by atoms with Gasteiger partial charge in [-0.15, -0.1) is 6.42 Å². The van der Waals surface area contributed by atoms with E-state index in [2.05, 4.69) is 0 Å². The first-order valence-corrected chi connectivity index (χ1v) is 6.23. The number of nitrogens with zero attached hydrogens (tertiary/aromatic N) is 1. The van der Waals surface area contributed by atoms with Crippen LogP contribution in [0.3, 0.4) is 0 Å². The fourth-order valence-electron chi connectivity index (χ4n) is 2.40. The number of nitrogens with one attached hydrogen (secondary N) is 1. The standard InChI is InChI=1S/C13H15FN2O5/c1-4-13(14)10(19)9(7(3)17)21-11(13)16-6(2)5-8(18)15-12(16)20/h1,5,7,9-11,17,19H,2-3H3,(H,15,18,20)/t7-,9-,10?,11-,13-/m1/s1. The zero-order valence-electron chi connectivity index (χ0n) is 11.4. The molecule has 21 heavy (non-hydrogen) atoms. The molecule has 0 aliphatic carbocycles. The van der Waals surface area contributed by atoms with Crippen molar-refractivity contribution in [3.05, 3.63) is 32.6 Å². The maximum Gasteiger partial charge on any atom is 0.330 e. The summed E-state index contributed by atoms with van der Waals surface area (Å²) in [5.41, 5.74) is -4.16. The fourth-order valence-corrected chi connectivity index (χ4v) is 2.40. The Bertz CT molecular complexity index is 704. The summed E-state index contributed by atoms with van der Waals surface area (Å²) in [5, 5.41) is 19.5. The number of terminal acetylenes is 1. The second kappa shape index (κ2) is 5.11. The van der Waals surface area contributed by atoms with Gasteiger partial charge in [0.2, 0.25) is 5.67 Å². The number of aryl methyl sites for hydroxylation is 1. The highest BCUT2D eigenvalue weighted by atomic mass is 19.1. The van der Waals surface area contributed by atoms with Crippen LogP contribution in [0.15, 0.2) is 15.7 Å². The second-order valence-electron chi connectivity index (χ2n) is 5.00. The molecule has 1 aromatic heterocycles. The summed E-state index contributed by atoms with van der Waals surface area (Å²) in [5.74, 6) is 1.79. The van der Waals surface area contributed by atoms with Gasteiger partial charge in [0.1, 0.15) is 12.2 Å². The number of H-pyrrole nitrogens is 1. The number of aliphatic hydroxyl groups excluding tert-OH is 2. The lowest BCUT2D eigenvalue weighted by Gasteiger charge is -2.25. The molecule has 1 saturated heterocycles. The van der Waals surface area contributed by atoms with Crippen LogP contribution in [0.4, 0.5) is 4.39 Å². The van der Waals surface area contributed by atoms with Gasteiger partial charge < -0.3 is 14.9 Å². The van der Waals surface area contributed by atoms with Gasteiger partial charge in [0.05, 0.1) is 6.10 Å². The molecule has 0 spiro atoms. The Labute approximate surface area is 119 Å². The number of aliphatic hydroxyl groups is 2.